The van der Waals surface area contributed by atoms with Gasteiger partial charge in [0.1, 0.15) is 0 Å². The first-order chi connectivity index (χ1) is 12.1. The number of rotatable bonds is 4. The summed E-state index contributed by atoms with van der Waals surface area (Å²) in [6.45, 7) is 1.27. The van der Waals surface area contributed by atoms with Crippen LogP contribution in [0.2, 0.25) is 0 Å². The number of piperidine rings is 1. The van der Waals surface area contributed by atoms with Gasteiger partial charge in [-0.2, -0.15) is 5.10 Å². The minimum absolute atomic E-state index is 0.0131. The fraction of sp³-hybridized carbons (Fsp3) is 0.333. The topological polar surface area (TPSA) is 80.1 Å². The molecule has 7 heteroatoms. The number of carbonyl (C=O) groups excluding carboxylic acids is 2. The molecule has 130 valence electrons. The third-order valence-corrected chi connectivity index (χ3v) is 4.21. The van der Waals surface area contributed by atoms with Crippen LogP contribution in [0, 0.1) is 0 Å². The predicted octanol–water partition coefficient (Wildman–Crippen LogP) is 1.25. The molecular weight excluding hydrogens is 318 g/mol. The Morgan fingerprint density at radius 1 is 1.28 bits per heavy atom. The van der Waals surface area contributed by atoms with Crippen LogP contribution in [0.1, 0.15) is 28.8 Å². The third-order valence-electron chi connectivity index (χ3n) is 4.21. The highest BCUT2D eigenvalue weighted by atomic mass is 16.2. The highest BCUT2D eigenvalue weighted by Gasteiger charge is 2.23. The maximum Gasteiger partial charge on any atom is 0.253 e. The molecule has 1 N–H and O–H groups in total. The lowest BCUT2D eigenvalue weighted by atomic mass is 10.0. The summed E-state index contributed by atoms with van der Waals surface area (Å²) in [7, 11) is 1.84. The normalized spacial score (nSPS) is 15.5. The molecule has 2 aromatic heterocycles. The maximum atomic E-state index is 12.2. The van der Waals surface area contributed by atoms with Crippen LogP contribution < -0.4 is 5.32 Å². The second-order valence-electron chi connectivity index (χ2n) is 6.10. The number of nitrogens with one attached hydrogen (secondary N) is 1. The SMILES string of the molecule is Cn1cc(C=CC(=O)N2CCC(NC(=O)c3cccnc3)CC2)cn1. The molecule has 0 bridgehead atoms. The Labute approximate surface area is 146 Å². The Bertz CT molecular complexity index is 761. The summed E-state index contributed by atoms with van der Waals surface area (Å²) in [4.78, 5) is 30.1. The van der Waals surface area contributed by atoms with E-state index in [0.29, 0.717) is 18.7 Å². The van der Waals surface area contributed by atoms with Gasteiger partial charge < -0.3 is 10.2 Å². The van der Waals surface area contributed by atoms with E-state index >= 15 is 0 Å². The Kier molecular flexibility index (Phi) is 5.23. The molecular formula is C18H21N5O2. The van der Waals surface area contributed by atoms with E-state index in [2.05, 4.69) is 15.4 Å². The summed E-state index contributed by atoms with van der Waals surface area (Å²) in [5.74, 6) is -0.129. The zero-order valence-electron chi connectivity index (χ0n) is 14.1. The Morgan fingerprint density at radius 2 is 2.08 bits per heavy atom. The van der Waals surface area contributed by atoms with Crippen LogP contribution in [0.4, 0.5) is 0 Å². The van der Waals surface area contributed by atoms with Gasteiger partial charge in [-0.15, -0.1) is 0 Å². The van der Waals surface area contributed by atoms with Gasteiger partial charge >= 0.3 is 0 Å². The predicted molar refractivity (Wildman–Crippen MR) is 93.5 cm³/mol. The van der Waals surface area contributed by atoms with Crippen molar-refractivity contribution in [1.29, 1.82) is 0 Å². The largest absolute Gasteiger partial charge is 0.349 e. The first-order valence-corrected chi connectivity index (χ1v) is 8.28. The second kappa shape index (κ2) is 7.74. The summed E-state index contributed by atoms with van der Waals surface area (Å²) >= 11 is 0. The van der Waals surface area contributed by atoms with Crippen molar-refractivity contribution in [3.63, 3.8) is 0 Å². The highest BCUT2D eigenvalue weighted by Crippen LogP contribution is 2.12. The van der Waals surface area contributed by atoms with E-state index in [4.69, 9.17) is 0 Å². The van der Waals surface area contributed by atoms with Gasteiger partial charge in [0.05, 0.1) is 11.8 Å². The number of pyridine rings is 1. The molecule has 1 fully saturated rings. The van der Waals surface area contributed by atoms with E-state index in [0.717, 1.165) is 18.4 Å². The number of carbonyl (C=O) groups is 2. The molecule has 2 aromatic rings. The summed E-state index contributed by atoms with van der Waals surface area (Å²) in [6.07, 6.45) is 11.6. The molecule has 3 rings (SSSR count). The lowest BCUT2D eigenvalue weighted by molar-refractivity contribution is -0.126. The highest BCUT2D eigenvalue weighted by molar-refractivity contribution is 5.94. The van der Waals surface area contributed by atoms with Crippen molar-refractivity contribution in [1.82, 2.24) is 25.0 Å². The standard InChI is InChI=1S/C18H21N5O2/c1-22-13-14(11-20-22)4-5-17(24)23-9-6-16(7-10-23)21-18(25)15-3-2-8-19-12-15/h2-5,8,11-13,16H,6-7,9-10H2,1H3,(H,21,25). The maximum absolute atomic E-state index is 12.2. The lowest BCUT2D eigenvalue weighted by Gasteiger charge is -2.31. The summed E-state index contributed by atoms with van der Waals surface area (Å²) < 4.78 is 1.70. The number of nitrogens with zero attached hydrogens (tertiary/aromatic N) is 4. The average Bonchev–Trinajstić information content (AvgIpc) is 3.06. The van der Waals surface area contributed by atoms with Crippen molar-refractivity contribution >= 4 is 17.9 Å². The molecule has 0 saturated carbocycles. The van der Waals surface area contributed by atoms with Crippen LogP contribution in [-0.4, -0.2) is 50.6 Å². The molecule has 2 amide bonds. The molecule has 0 unspecified atom stereocenters. The van der Waals surface area contributed by atoms with Gasteiger partial charge in [-0.1, -0.05) is 0 Å². The zero-order valence-corrected chi connectivity index (χ0v) is 14.1. The van der Waals surface area contributed by atoms with Crippen LogP contribution in [-0.2, 0) is 11.8 Å². The first kappa shape index (κ1) is 16.9. The van der Waals surface area contributed by atoms with Crippen molar-refractivity contribution in [2.75, 3.05) is 13.1 Å². The van der Waals surface area contributed by atoms with Crippen molar-refractivity contribution in [2.45, 2.75) is 18.9 Å². The second-order valence-corrected chi connectivity index (χ2v) is 6.10. The third kappa shape index (κ3) is 4.53. The Morgan fingerprint density at radius 3 is 2.72 bits per heavy atom. The molecule has 1 aliphatic rings. The van der Waals surface area contributed by atoms with E-state index < -0.39 is 0 Å². The number of aromatic nitrogens is 3. The Hall–Kier alpha value is -2.96. The molecule has 1 saturated heterocycles. The zero-order chi connectivity index (χ0) is 17.6. The van der Waals surface area contributed by atoms with Gasteiger partial charge in [-0.3, -0.25) is 19.3 Å². The molecule has 0 aromatic carbocycles. The fourth-order valence-corrected chi connectivity index (χ4v) is 2.81. The molecule has 0 aliphatic carbocycles. The molecule has 3 heterocycles. The monoisotopic (exact) mass is 339 g/mol. The van der Waals surface area contributed by atoms with Crippen LogP contribution in [0.15, 0.2) is 43.0 Å². The number of hydrogen-bond donors (Lipinski definition) is 1. The Balaban J connectivity index is 1.47. The fourth-order valence-electron chi connectivity index (χ4n) is 2.81. The number of amides is 2. The van der Waals surface area contributed by atoms with Crippen LogP contribution in [0.3, 0.4) is 0 Å². The van der Waals surface area contributed by atoms with Gasteiger partial charge in [-0.25, -0.2) is 0 Å². The first-order valence-electron chi connectivity index (χ1n) is 8.28. The van der Waals surface area contributed by atoms with Crippen LogP contribution >= 0.6 is 0 Å². The lowest BCUT2D eigenvalue weighted by Crippen LogP contribution is -2.46. The molecule has 1 aliphatic heterocycles. The van der Waals surface area contributed by atoms with Gasteiger partial charge in [-0.05, 0) is 31.1 Å². The van der Waals surface area contributed by atoms with Crippen molar-refractivity contribution in [3.05, 3.63) is 54.1 Å². The van der Waals surface area contributed by atoms with Crippen molar-refractivity contribution in [2.24, 2.45) is 7.05 Å². The van der Waals surface area contributed by atoms with Crippen molar-refractivity contribution < 1.29 is 9.59 Å². The van der Waals surface area contributed by atoms with E-state index in [9.17, 15) is 9.59 Å². The van der Waals surface area contributed by atoms with E-state index in [1.54, 1.807) is 52.5 Å². The number of hydrogen-bond acceptors (Lipinski definition) is 4. The summed E-state index contributed by atoms with van der Waals surface area (Å²) in [6, 6.07) is 3.56. The van der Waals surface area contributed by atoms with Gasteiger partial charge in [0.25, 0.3) is 5.91 Å². The van der Waals surface area contributed by atoms with Crippen molar-refractivity contribution in [3.8, 4) is 0 Å². The molecule has 0 atom stereocenters. The summed E-state index contributed by atoms with van der Waals surface area (Å²) in [5.41, 5.74) is 1.45. The van der Waals surface area contributed by atoms with E-state index in [-0.39, 0.29) is 17.9 Å². The number of likely N-dealkylation sites (tertiary alicyclic amines) is 1. The van der Waals surface area contributed by atoms with Gasteiger partial charge in [0, 0.05) is 56.4 Å². The minimum Gasteiger partial charge on any atom is -0.349 e. The van der Waals surface area contributed by atoms with E-state index in [1.807, 2.05) is 13.2 Å². The van der Waals surface area contributed by atoms with E-state index in [1.165, 1.54) is 0 Å². The minimum atomic E-state index is -0.116. The van der Waals surface area contributed by atoms with Gasteiger partial charge in [0.2, 0.25) is 5.91 Å². The van der Waals surface area contributed by atoms with Crippen LogP contribution in [0.5, 0.6) is 0 Å². The molecule has 7 nitrogen and oxygen atoms in total. The quantitative estimate of drug-likeness (QED) is 0.850. The summed E-state index contributed by atoms with van der Waals surface area (Å²) in [5, 5.41) is 7.07. The average molecular weight is 339 g/mol. The molecule has 0 radical (unpaired) electrons. The number of aryl methyl sites for hydroxylation is 1. The molecule has 25 heavy (non-hydrogen) atoms. The van der Waals surface area contributed by atoms with Gasteiger partial charge in [0.15, 0.2) is 0 Å². The smallest absolute Gasteiger partial charge is 0.253 e. The molecule has 0 spiro atoms. The van der Waals surface area contributed by atoms with Crippen LogP contribution in [0.25, 0.3) is 6.08 Å².